The second-order valence-corrected chi connectivity index (χ2v) is 9.51. The van der Waals surface area contributed by atoms with Crippen LogP contribution in [0, 0.1) is 5.92 Å². The standard InChI is InChI=1S/C26H39N5/c1-4-20-9-5-6-10-21(20)18-27-17-19-13-15-22(16-14-19)28-26-29-24-12-8-7-11-23(24)25(30-26)31(2)3/h5-6,9-10,19,22,27H,4,7-8,11-18H2,1-3H3,(H,28,29,30). The molecule has 5 heteroatoms. The van der Waals surface area contributed by atoms with E-state index < -0.39 is 0 Å². The summed E-state index contributed by atoms with van der Waals surface area (Å²) in [7, 11) is 4.19. The fraction of sp³-hybridized carbons (Fsp3) is 0.615. The molecule has 0 spiro atoms. The van der Waals surface area contributed by atoms with Crippen LogP contribution in [0.3, 0.4) is 0 Å². The molecular weight excluding hydrogens is 382 g/mol. The highest BCUT2D eigenvalue weighted by molar-refractivity contribution is 5.52. The van der Waals surface area contributed by atoms with E-state index in [0.29, 0.717) is 6.04 Å². The molecule has 31 heavy (non-hydrogen) atoms. The summed E-state index contributed by atoms with van der Waals surface area (Å²) in [5.74, 6) is 2.72. The van der Waals surface area contributed by atoms with Crippen LogP contribution in [-0.2, 0) is 25.8 Å². The number of nitrogens with zero attached hydrogens (tertiary/aromatic N) is 3. The van der Waals surface area contributed by atoms with Crippen LogP contribution in [-0.4, -0.2) is 36.6 Å². The maximum Gasteiger partial charge on any atom is 0.225 e. The Bertz CT molecular complexity index is 855. The molecule has 0 unspecified atom stereocenters. The second-order valence-electron chi connectivity index (χ2n) is 9.51. The average molecular weight is 422 g/mol. The van der Waals surface area contributed by atoms with Crippen molar-refractivity contribution < 1.29 is 0 Å². The Kier molecular flexibility index (Phi) is 7.44. The summed E-state index contributed by atoms with van der Waals surface area (Å²) >= 11 is 0. The first-order valence-electron chi connectivity index (χ1n) is 12.2. The van der Waals surface area contributed by atoms with Gasteiger partial charge in [-0.25, -0.2) is 4.98 Å². The summed E-state index contributed by atoms with van der Waals surface area (Å²) in [5.41, 5.74) is 5.53. The predicted molar refractivity (Wildman–Crippen MR) is 130 cm³/mol. The quantitative estimate of drug-likeness (QED) is 0.644. The number of benzene rings is 1. The van der Waals surface area contributed by atoms with E-state index in [1.54, 1.807) is 0 Å². The highest BCUT2D eigenvalue weighted by Crippen LogP contribution is 2.30. The molecule has 0 aliphatic heterocycles. The SMILES string of the molecule is CCc1ccccc1CNCC1CCC(Nc2nc3c(c(N(C)C)n2)CCCC3)CC1. The third-order valence-corrected chi connectivity index (χ3v) is 7.01. The number of rotatable bonds is 8. The van der Waals surface area contributed by atoms with Crippen molar-refractivity contribution in [2.45, 2.75) is 77.3 Å². The molecule has 0 atom stereocenters. The lowest BCUT2D eigenvalue weighted by atomic mass is 9.86. The van der Waals surface area contributed by atoms with E-state index in [-0.39, 0.29) is 0 Å². The van der Waals surface area contributed by atoms with Gasteiger partial charge in [0.1, 0.15) is 5.82 Å². The van der Waals surface area contributed by atoms with Crippen molar-refractivity contribution in [2.24, 2.45) is 5.92 Å². The summed E-state index contributed by atoms with van der Waals surface area (Å²) in [6.45, 7) is 4.34. The van der Waals surface area contributed by atoms with Crippen molar-refractivity contribution in [1.29, 1.82) is 0 Å². The Hall–Kier alpha value is -2.14. The molecular formula is C26H39N5. The van der Waals surface area contributed by atoms with Crippen LogP contribution in [0.25, 0.3) is 0 Å². The van der Waals surface area contributed by atoms with Crippen molar-refractivity contribution in [3.8, 4) is 0 Å². The molecule has 168 valence electrons. The van der Waals surface area contributed by atoms with Crippen LogP contribution in [0.1, 0.15) is 67.8 Å². The van der Waals surface area contributed by atoms with Crippen LogP contribution in [0.5, 0.6) is 0 Å². The fourth-order valence-corrected chi connectivity index (χ4v) is 5.19. The molecule has 2 aliphatic rings. The summed E-state index contributed by atoms with van der Waals surface area (Å²) in [5, 5.41) is 7.39. The first kappa shape index (κ1) is 22.1. The summed E-state index contributed by atoms with van der Waals surface area (Å²) in [6, 6.07) is 9.29. The Morgan fingerprint density at radius 1 is 0.968 bits per heavy atom. The number of fused-ring (bicyclic) bond motifs is 1. The lowest BCUT2D eigenvalue weighted by Gasteiger charge is -2.30. The molecule has 4 rings (SSSR count). The van der Waals surface area contributed by atoms with Crippen LogP contribution in [0.15, 0.2) is 24.3 Å². The van der Waals surface area contributed by atoms with Crippen molar-refractivity contribution in [3.63, 3.8) is 0 Å². The molecule has 1 aromatic heterocycles. The van der Waals surface area contributed by atoms with E-state index in [2.05, 4.69) is 60.8 Å². The van der Waals surface area contributed by atoms with E-state index in [1.807, 2.05) is 0 Å². The van der Waals surface area contributed by atoms with Crippen molar-refractivity contribution >= 4 is 11.8 Å². The van der Waals surface area contributed by atoms with Gasteiger partial charge in [0.15, 0.2) is 0 Å². The molecule has 1 fully saturated rings. The Morgan fingerprint density at radius 2 is 1.71 bits per heavy atom. The number of aryl methyl sites for hydroxylation is 2. The minimum Gasteiger partial charge on any atom is -0.362 e. The monoisotopic (exact) mass is 421 g/mol. The summed E-state index contributed by atoms with van der Waals surface area (Å²) < 4.78 is 0. The van der Waals surface area contributed by atoms with Crippen LogP contribution >= 0.6 is 0 Å². The molecule has 2 N–H and O–H groups in total. The third kappa shape index (κ3) is 5.57. The van der Waals surface area contributed by atoms with Gasteiger partial charge in [-0.3, -0.25) is 0 Å². The number of nitrogens with one attached hydrogen (secondary N) is 2. The minimum absolute atomic E-state index is 0.494. The number of hydrogen-bond acceptors (Lipinski definition) is 5. The second kappa shape index (κ2) is 10.4. The first-order valence-corrected chi connectivity index (χ1v) is 12.2. The molecule has 1 saturated carbocycles. The van der Waals surface area contributed by atoms with Crippen LogP contribution < -0.4 is 15.5 Å². The third-order valence-electron chi connectivity index (χ3n) is 7.01. The van der Waals surface area contributed by atoms with E-state index >= 15 is 0 Å². The number of aromatic nitrogens is 2. The molecule has 2 aromatic rings. The average Bonchev–Trinajstić information content (AvgIpc) is 2.80. The fourth-order valence-electron chi connectivity index (χ4n) is 5.19. The first-order chi connectivity index (χ1) is 15.1. The number of hydrogen-bond donors (Lipinski definition) is 2. The topological polar surface area (TPSA) is 53.1 Å². The van der Waals surface area contributed by atoms with Gasteiger partial charge in [-0.2, -0.15) is 4.98 Å². The Balaban J connectivity index is 1.27. The van der Waals surface area contributed by atoms with Crippen molar-refractivity contribution in [3.05, 3.63) is 46.6 Å². The van der Waals surface area contributed by atoms with E-state index in [9.17, 15) is 0 Å². The number of anilines is 2. The van der Waals surface area contributed by atoms with Gasteiger partial charge in [-0.05, 0) is 81.4 Å². The van der Waals surface area contributed by atoms with Gasteiger partial charge >= 0.3 is 0 Å². The maximum atomic E-state index is 4.91. The Morgan fingerprint density at radius 3 is 2.45 bits per heavy atom. The van der Waals surface area contributed by atoms with E-state index in [1.165, 1.54) is 60.9 Å². The van der Waals surface area contributed by atoms with Gasteiger partial charge in [-0.1, -0.05) is 31.2 Å². The lowest BCUT2D eigenvalue weighted by Crippen LogP contribution is -2.32. The molecule has 0 amide bonds. The highest BCUT2D eigenvalue weighted by Gasteiger charge is 2.24. The molecule has 2 aliphatic carbocycles. The molecule has 1 heterocycles. The largest absolute Gasteiger partial charge is 0.362 e. The van der Waals surface area contributed by atoms with Gasteiger partial charge in [0.05, 0.1) is 5.69 Å². The summed E-state index contributed by atoms with van der Waals surface area (Å²) in [4.78, 5) is 11.9. The molecule has 1 aromatic carbocycles. The van der Waals surface area contributed by atoms with Crippen LogP contribution in [0.2, 0.25) is 0 Å². The molecule has 0 saturated heterocycles. The smallest absolute Gasteiger partial charge is 0.225 e. The lowest BCUT2D eigenvalue weighted by molar-refractivity contribution is 0.323. The van der Waals surface area contributed by atoms with E-state index in [0.717, 1.165) is 50.0 Å². The van der Waals surface area contributed by atoms with Gasteiger partial charge < -0.3 is 15.5 Å². The maximum absolute atomic E-state index is 4.91. The summed E-state index contributed by atoms with van der Waals surface area (Å²) in [6.07, 6.45) is 10.8. The zero-order chi connectivity index (χ0) is 21.6. The highest BCUT2D eigenvalue weighted by atomic mass is 15.2. The zero-order valence-corrected chi connectivity index (χ0v) is 19.6. The molecule has 0 bridgehead atoms. The van der Waals surface area contributed by atoms with Crippen molar-refractivity contribution in [1.82, 2.24) is 15.3 Å². The minimum atomic E-state index is 0.494. The van der Waals surface area contributed by atoms with Gasteiger partial charge in [0, 0.05) is 32.2 Å². The van der Waals surface area contributed by atoms with Gasteiger partial charge in [-0.15, -0.1) is 0 Å². The van der Waals surface area contributed by atoms with Gasteiger partial charge in [0.2, 0.25) is 5.95 Å². The zero-order valence-electron chi connectivity index (χ0n) is 19.6. The normalized spacial score (nSPS) is 20.9. The predicted octanol–water partition coefficient (Wildman–Crippen LogP) is 4.74. The van der Waals surface area contributed by atoms with E-state index in [4.69, 9.17) is 9.97 Å². The molecule has 5 nitrogen and oxygen atoms in total. The van der Waals surface area contributed by atoms with Gasteiger partial charge in [0.25, 0.3) is 0 Å². The Labute approximate surface area is 188 Å². The molecule has 0 radical (unpaired) electrons. The van der Waals surface area contributed by atoms with Crippen LogP contribution in [0.4, 0.5) is 11.8 Å². The van der Waals surface area contributed by atoms with Crippen molar-refractivity contribution in [2.75, 3.05) is 30.9 Å².